The van der Waals surface area contributed by atoms with Crippen LogP contribution in [0.15, 0.2) is 66.0 Å². The molecule has 1 heterocycles. The van der Waals surface area contributed by atoms with Gasteiger partial charge in [0.2, 0.25) is 0 Å². The lowest BCUT2D eigenvalue weighted by molar-refractivity contribution is 0.0985. The number of carbonyl (C=O) groups is 1. The van der Waals surface area contributed by atoms with Gasteiger partial charge in [-0.3, -0.25) is 4.79 Å². The van der Waals surface area contributed by atoms with Gasteiger partial charge >= 0.3 is 0 Å². The molecule has 3 nitrogen and oxygen atoms in total. The van der Waals surface area contributed by atoms with Crippen molar-refractivity contribution in [3.63, 3.8) is 0 Å². The molecule has 0 aliphatic heterocycles. The van der Waals surface area contributed by atoms with Crippen LogP contribution in [-0.2, 0) is 6.54 Å². The molecular formula is C19H16FNO2S. The predicted octanol–water partition coefficient (Wildman–Crippen LogP) is 4.74. The van der Waals surface area contributed by atoms with E-state index >= 15 is 0 Å². The fourth-order valence-corrected chi connectivity index (χ4v) is 3.04. The Balaban J connectivity index is 1.93. The standard InChI is InChI=1S/C19H16FNO2S/c1-23-17-10-4-14(5-11-17)19(22)21(13-18-3-2-12-24-18)16-8-6-15(20)7-9-16/h2-12H,13H2,1H3. The molecule has 5 heteroatoms. The molecule has 0 bridgehead atoms. The Bertz CT molecular complexity index is 798. The van der Waals surface area contributed by atoms with Crippen LogP contribution in [0.3, 0.4) is 0 Å². The lowest BCUT2D eigenvalue weighted by Gasteiger charge is -2.22. The van der Waals surface area contributed by atoms with Gasteiger partial charge in [-0.05, 0) is 60.0 Å². The maximum atomic E-state index is 13.2. The summed E-state index contributed by atoms with van der Waals surface area (Å²) < 4.78 is 18.3. The quantitative estimate of drug-likeness (QED) is 0.671. The number of carbonyl (C=O) groups excluding carboxylic acids is 1. The number of methoxy groups -OCH3 is 1. The molecule has 0 unspecified atom stereocenters. The largest absolute Gasteiger partial charge is 0.497 e. The highest BCUT2D eigenvalue weighted by Crippen LogP contribution is 2.23. The maximum Gasteiger partial charge on any atom is 0.258 e. The first-order valence-electron chi connectivity index (χ1n) is 7.41. The first-order valence-corrected chi connectivity index (χ1v) is 8.29. The summed E-state index contributed by atoms with van der Waals surface area (Å²) in [7, 11) is 1.58. The lowest BCUT2D eigenvalue weighted by Crippen LogP contribution is -2.30. The Labute approximate surface area is 143 Å². The summed E-state index contributed by atoms with van der Waals surface area (Å²) in [5.41, 5.74) is 1.21. The zero-order valence-electron chi connectivity index (χ0n) is 13.1. The van der Waals surface area contributed by atoms with Crippen molar-refractivity contribution in [2.75, 3.05) is 12.0 Å². The van der Waals surface area contributed by atoms with Gasteiger partial charge in [-0.25, -0.2) is 4.39 Å². The van der Waals surface area contributed by atoms with E-state index in [1.807, 2.05) is 17.5 Å². The Morgan fingerprint density at radius 2 is 1.79 bits per heavy atom. The summed E-state index contributed by atoms with van der Waals surface area (Å²) in [5, 5.41) is 1.97. The molecule has 1 amide bonds. The Kier molecular flexibility index (Phi) is 4.91. The molecule has 0 fully saturated rings. The van der Waals surface area contributed by atoms with Crippen molar-refractivity contribution in [1.29, 1.82) is 0 Å². The number of hydrogen-bond acceptors (Lipinski definition) is 3. The number of hydrogen-bond donors (Lipinski definition) is 0. The van der Waals surface area contributed by atoms with Crippen LogP contribution >= 0.6 is 11.3 Å². The number of anilines is 1. The molecule has 0 aliphatic carbocycles. The van der Waals surface area contributed by atoms with Gasteiger partial charge in [0.25, 0.3) is 5.91 Å². The number of benzene rings is 2. The van der Waals surface area contributed by atoms with E-state index in [4.69, 9.17) is 4.74 Å². The summed E-state index contributed by atoms with van der Waals surface area (Å²) in [6, 6.07) is 16.8. The van der Waals surface area contributed by atoms with Crippen molar-refractivity contribution in [2.45, 2.75) is 6.54 Å². The molecule has 0 spiro atoms. The highest BCUT2D eigenvalue weighted by atomic mass is 32.1. The number of halogens is 1. The SMILES string of the molecule is COc1ccc(C(=O)N(Cc2cccs2)c2ccc(F)cc2)cc1. The molecule has 2 aromatic carbocycles. The van der Waals surface area contributed by atoms with Crippen LogP contribution in [-0.4, -0.2) is 13.0 Å². The third kappa shape index (κ3) is 3.63. The summed E-state index contributed by atoms with van der Waals surface area (Å²) in [6.45, 7) is 0.439. The predicted molar refractivity (Wildman–Crippen MR) is 94.2 cm³/mol. The minimum atomic E-state index is -0.327. The van der Waals surface area contributed by atoms with Crippen LogP contribution in [0.2, 0.25) is 0 Å². The Hall–Kier alpha value is -2.66. The average Bonchev–Trinajstić information content (AvgIpc) is 3.13. The summed E-state index contributed by atoms with van der Waals surface area (Å²) in [6.07, 6.45) is 0. The molecule has 24 heavy (non-hydrogen) atoms. The zero-order chi connectivity index (χ0) is 16.9. The van der Waals surface area contributed by atoms with Gasteiger partial charge in [0, 0.05) is 16.1 Å². The molecule has 3 aromatic rings. The van der Waals surface area contributed by atoms with Crippen LogP contribution in [0.25, 0.3) is 0 Å². The molecule has 0 saturated heterocycles. The smallest absolute Gasteiger partial charge is 0.258 e. The van der Waals surface area contributed by atoms with Gasteiger partial charge in [-0.1, -0.05) is 6.07 Å². The monoisotopic (exact) mass is 341 g/mol. The first-order chi connectivity index (χ1) is 11.7. The van der Waals surface area contributed by atoms with E-state index < -0.39 is 0 Å². The van der Waals surface area contributed by atoms with Gasteiger partial charge in [-0.2, -0.15) is 0 Å². The third-order valence-corrected chi connectivity index (χ3v) is 4.48. The second kappa shape index (κ2) is 7.27. The summed E-state index contributed by atoms with van der Waals surface area (Å²) in [5.74, 6) is 0.225. The van der Waals surface area contributed by atoms with Gasteiger partial charge in [0.05, 0.1) is 13.7 Å². The van der Waals surface area contributed by atoms with Crippen molar-refractivity contribution in [2.24, 2.45) is 0 Å². The van der Waals surface area contributed by atoms with E-state index in [1.54, 1.807) is 59.7 Å². The van der Waals surface area contributed by atoms with Crippen LogP contribution in [0.4, 0.5) is 10.1 Å². The minimum Gasteiger partial charge on any atom is -0.497 e. The van der Waals surface area contributed by atoms with E-state index in [-0.39, 0.29) is 11.7 Å². The molecule has 0 N–H and O–H groups in total. The molecule has 1 aromatic heterocycles. The van der Waals surface area contributed by atoms with Gasteiger partial charge in [0.1, 0.15) is 11.6 Å². The third-order valence-electron chi connectivity index (χ3n) is 3.61. The molecule has 0 atom stereocenters. The molecule has 3 rings (SSSR count). The molecule has 122 valence electrons. The van der Waals surface area contributed by atoms with Crippen molar-refractivity contribution < 1.29 is 13.9 Å². The number of amides is 1. The van der Waals surface area contributed by atoms with Crippen molar-refractivity contribution in [3.05, 3.63) is 82.3 Å². The topological polar surface area (TPSA) is 29.5 Å². The van der Waals surface area contributed by atoms with E-state index in [0.29, 0.717) is 23.5 Å². The van der Waals surface area contributed by atoms with Gasteiger partial charge in [-0.15, -0.1) is 11.3 Å². The fraction of sp³-hybridized carbons (Fsp3) is 0.105. The summed E-state index contributed by atoms with van der Waals surface area (Å²) in [4.78, 5) is 15.7. The van der Waals surface area contributed by atoms with Gasteiger partial charge < -0.3 is 9.64 Å². The summed E-state index contributed by atoms with van der Waals surface area (Å²) >= 11 is 1.58. The van der Waals surface area contributed by atoms with E-state index in [1.165, 1.54) is 12.1 Å². The van der Waals surface area contributed by atoms with Crippen molar-refractivity contribution in [3.8, 4) is 5.75 Å². The Morgan fingerprint density at radius 1 is 1.08 bits per heavy atom. The van der Waals surface area contributed by atoms with Gasteiger partial charge in [0.15, 0.2) is 0 Å². The van der Waals surface area contributed by atoms with Crippen LogP contribution in [0.1, 0.15) is 15.2 Å². The lowest BCUT2D eigenvalue weighted by atomic mass is 10.1. The highest BCUT2D eigenvalue weighted by Gasteiger charge is 2.19. The Morgan fingerprint density at radius 3 is 2.38 bits per heavy atom. The number of rotatable bonds is 5. The van der Waals surface area contributed by atoms with Crippen LogP contribution < -0.4 is 9.64 Å². The molecule has 0 aliphatic rings. The minimum absolute atomic E-state index is 0.141. The average molecular weight is 341 g/mol. The normalized spacial score (nSPS) is 10.4. The van der Waals surface area contributed by atoms with Crippen molar-refractivity contribution in [1.82, 2.24) is 0 Å². The van der Waals surface area contributed by atoms with E-state index in [0.717, 1.165) is 4.88 Å². The molecular weight excluding hydrogens is 325 g/mol. The fourth-order valence-electron chi connectivity index (χ4n) is 2.35. The van der Waals surface area contributed by atoms with E-state index in [9.17, 15) is 9.18 Å². The first kappa shape index (κ1) is 16.2. The van der Waals surface area contributed by atoms with Crippen LogP contribution in [0, 0.1) is 5.82 Å². The molecule has 0 saturated carbocycles. The zero-order valence-corrected chi connectivity index (χ0v) is 13.9. The highest BCUT2D eigenvalue weighted by molar-refractivity contribution is 7.09. The van der Waals surface area contributed by atoms with E-state index in [2.05, 4.69) is 0 Å². The maximum absolute atomic E-state index is 13.2. The number of nitrogens with zero attached hydrogens (tertiary/aromatic N) is 1. The second-order valence-electron chi connectivity index (χ2n) is 5.18. The number of thiophene rings is 1. The second-order valence-corrected chi connectivity index (χ2v) is 6.21. The molecule has 0 radical (unpaired) electrons. The van der Waals surface area contributed by atoms with Crippen molar-refractivity contribution >= 4 is 22.9 Å². The van der Waals surface area contributed by atoms with Crippen LogP contribution in [0.5, 0.6) is 5.75 Å². The number of ether oxygens (including phenoxy) is 1.